The molecule has 1 N–H and O–H groups in total. The molecular formula is C18H15ClN2. The van der Waals surface area contributed by atoms with Crippen molar-refractivity contribution in [3.63, 3.8) is 0 Å². The maximum absolute atomic E-state index is 5.86. The van der Waals surface area contributed by atoms with Gasteiger partial charge in [-0.05, 0) is 53.6 Å². The molecule has 3 rings (SSSR count). The fourth-order valence-corrected chi connectivity index (χ4v) is 2.28. The predicted molar refractivity (Wildman–Crippen MR) is 91.2 cm³/mol. The molecule has 0 unspecified atom stereocenters. The molecule has 0 aromatic heterocycles. The van der Waals surface area contributed by atoms with Gasteiger partial charge in [0.05, 0.1) is 11.4 Å². The van der Waals surface area contributed by atoms with Gasteiger partial charge >= 0.3 is 0 Å². The lowest BCUT2D eigenvalue weighted by Crippen LogP contribution is -1.99. The van der Waals surface area contributed by atoms with E-state index in [-0.39, 0.29) is 0 Å². The zero-order valence-electron chi connectivity index (χ0n) is 11.7. The molecule has 104 valence electrons. The van der Waals surface area contributed by atoms with Crippen LogP contribution in [0.4, 0.5) is 5.69 Å². The molecule has 3 heteroatoms. The molecule has 0 heterocycles. The zero-order chi connectivity index (χ0) is 14.7. The second-order valence-electron chi connectivity index (χ2n) is 4.88. The summed E-state index contributed by atoms with van der Waals surface area (Å²) in [5, 5.41) is 7.60. The molecular weight excluding hydrogens is 280 g/mol. The van der Waals surface area contributed by atoms with Crippen molar-refractivity contribution in [3.05, 3.63) is 77.3 Å². The highest BCUT2D eigenvalue weighted by atomic mass is 35.5. The number of nitrogens with one attached hydrogen (secondary N) is 1. The van der Waals surface area contributed by atoms with Crippen molar-refractivity contribution in [2.75, 3.05) is 5.43 Å². The second kappa shape index (κ2) is 5.98. The quantitative estimate of drug-likeness (QED) is 0.512. The van der Waals surface area contributed by atoms with Crippen LogP contribution in [0.3, 0.4) is 0 Å². The molecule has 0 amide bonds. The summed E-state index contributed by atoms with van der Waals surface area (Å²) in [6.07, 6.45) is 0. The number of nitrogens with zero attached hydrogens (tertiary/aromatic N) is 1. The Morgan fingerprint density at radius 2 is 1.62 bits per heavy atom. The molecule has 0 aliphatic rings. The summed E-state index contributed by atoms with van der Waals surface area (Å²) in [5.41, 5.74) is 6.01. The van der Waals surface area contributed by atoms with E-state index in [0.717, 1.165) is 22.0 Å². The predicted octanol–water partition coefficient (Wildman–Crippen LogP) is 5.33. The van der Waals surface area contributed by atoms with Crippen LogP contribution < -0.4 is 5.43 Å². The standard InChI is InChI=1S/C18H15ClN2/c1-13(20-21-18-10-8-17(19)9-11-18)15-7-6-14-4-2-3-5-16(14)12-15/h2-12,21H,1H3/b20-13-. The lowest BCUT2D eigenvalue weighted by molar-refractivity contribution is 1.32. The van der Waals surface area contributed by atoms with E-state index in [1.54, 1.807) is 0 Å². The molecule has 2 nitrogen and oxygen atoms in total. The molecule has 0 fully saturated rings. The molecule has 3 aromatic carbocycles. The van der Waals surface area contributed by atoms with Crippen LogP contribution >= 0.6 is 11.6 Å². The van der Waals surface area contributed by atoms with Crippen LogP contribution in [0.1, 0.15) is 12.5 Å². The third-order valence-corrected chi connectivity index (χ3v) is 3.62. The average molecular weight is 295 g/mol. The minimum Gasteiger partial charge on any atom is -0.278 e. The van der Waals surface area contributed by atoms with Crippen molar-refractivity contribution in [2.24, 2.45) is 5.10 Å². The molecule has 0 spiro atoms. The van der Waals surface area contributed by atoms with Gasteiger partial charge in [-0.3, -0.25) is 5.43 Å². The third-order valence-electron chi connectivity index (χ3n) is 3.36. The lowest BCUT2D eigenvalue weighted by Gasteiger charge is -2.05. The van der Waals surface area contributed by atoms with Gasteiger partial charge < -0.3 is 0 Å². The first-order chi connectivity index (χ1) is 10.2. The van der Waals surface area contributed by atoms with Crippen molar-refractivity contribution < 1.29 is 0 Å². The van der Waals surface area contributed by atoms with Gasteiger partial charge in [0.25, 0.3) is 0 Å². The highest BCUT2D eigenvalue weighted by molar-refractivity contribution is 6.30. The number of fused-ring (bicyclic) bond motifs is 1. The van der Waals surface area contributed by atoms with Gasteiger partial charge in [-0.15, -0.1) is 0 Å². The van der Waals surface area contributed by atoms with Gasteiger partial charge in [0, 0.05) is 5.02 Å². The van der Waals surface area contributed by atoms with Crippen molar-refractivity contribution in [1.29, 1.82) is 0 Å². The number of hydrogen-bond donors (Lipinski definition) is 1. The number of rotatable bonds is 3. The normalized spacial score (nSPS) is 11.6. The Morgan fingerprint density at radius 1 is 0.905 bits per heavy atom. The molecule has 0 aliphatic heterocycles. The topological polar surface area (TPSA) is 24.4 Å². The van der Waals surface area contributed by atoms with Crippen LogP contribution in [0.15, 0.2) is 71.8 Å². The van der Waals surface area contributed by atoms with E-state index in [9.17, 15) is 0 Å². The SMILES string of the molecule is C/C(=N/Nc1ccc(Cl)cc1)c1ccc2ccccc2c1. The second-order valence-corrected chi connectivity index (χ2v) is 5.31. The molecule has 0 saturated heterocycles. The van der Waals surface area contributed by atoms with Crippen LogP contribution in [-0.2, 0) is 0 Å². The van der Waals surface area contributed by atoms with Crippen molar-refractivity contribution in [2.45, 2.75) is 6.92 Å². The van der Waals surface area contributed by atoms with Crippen molar-refractivity contribution in [3.8, 4) is 0 Å². The summed E-state index contributed by atoms with van der Waals surface area (Å²) < 4.78 is 0. The summed E-state index contributed by atoms with van der Waals surface area (Å²) in [6.45, 7) is 1.99. The zero-order valence-corrected chi connectivity index (χ0v) is 12.4. The summed E-state index contributed by atoms with van der Waals surface area (Å²) in [5.74, 6) is 0. The molecule has 21 heavy (non-hydrogen) atoms. The van der Waals surface area contributed by atoms with Gasteiger partial charge in [-0.1, -0.05) is 48.0 Å². The largest absolute Gasteiger partial charge is 0.278 e. The van der Waals surface area contributed by atoms with Crippen LogP contribution in [-0.4, -0.2) is 5.71 Å². The molecule has 0 bridgehead atoms. The summed E-state index contributed by atoms with van der Waals surface area (Å²) in [4.78, 5) is 0. The Balaban J connectivity index is 1.83. The Hall–Kier alpha value is -2.32. The van der Waals surface area contributed by atoms with Crippen molar-refractivity contribution in [1.82, 2.24) is 0 Å². The number of benzene rings is 3. The average Bonchev–Trinajstić information content (AvgIpc) is 2.53. The minimum absolute atomic E-state index is 0.718. The Bertz CT molecular complexity index is 792. The van der Waals surface area contributed by atoms with Crippen LogP contribution in [0.5, 0.6) is 0 Å². The van der Waals surface area contributed by atoms with E-state index >= 15 is 0 Å². The molecule has 0 saturated carbocycles. The van der Waals surface area contributed by atoms with E-state index in [0.29, 0.717) is 0 Å². The first-order valence-corrected chi connectivity index (χ1v) is 7.15. The smallest absolute Gasteiger partial charge is 0.0648 e. The van der Waals surface area contributed by atoms with Crippen LogP contribution in [0.2, 0.25) is 5.02 Å². The maximum Gasteiger partial charge on any atom is 0.0648 e. The molecule has 0 atom stereocenters. The lowest BCUT2D eigenvalue weighted by atomic mass is 10.0. The fraction of sp³-hybridized carbons (Fsp3) is 0.0556. The summed E-state index contributed by atoms with van der Waals surface area (Å²) in [7, 11) is 0. The Labute approximate surface area is 129 Å². The first-order valence-electron chi connectivity index (χ1n) is 6.77. The van der Waals surface area contributed by atoms with Gasteiger partial charge in [0.1, 0.15) is 0 Å². The van der Waals surface area contributed by atoms with Gasteiger partial charge in [-0.2, -0.15) is 5.10 Å². The van der Waals surface area contributed by atoms with Gasteiger partial charge in [0.15, 0.2) is 0 Å². The number of anilines is 1. The third kappa shape index (κ3) is 3.23. The molecule has 3 aromatic rings. The van der Waals surface area contributed by atoms with E-state index in [4.69, 9.17) is 11.6 Å². The summed E-state index contributed by atoms with van der Waals surface area (Å²) in [6, 6.07) is 22.1. The first kappa shape index (κ1) is 13.7. The van der Waals surface area contributed by atoms with Gasteiger partial charge in [-0.25, -0.2) is 0 Å². The summed E-state index contributed by atoms with van der Waals surface area (Å²) >= 11 is 5.86. The Kier molecular flexibility index (Phi) is 3.89. The van der Waals surface area contributed by atoms with E-state index in [1.807, 2.05) is 43.3 Å². The fourth-order valence-electron chi connectivity index (χ4n) is 2.15. The molecule has 0 aliphatic carbocycles. The van der Waals surface area contributed by atoms with Crippen molar-refractivity contribution >= 4 is 33.8 Å². The minimum atomic E-state index is 0.718. The van der Waals surface area contributed by atoms with Gasteiger partial charge in [0.2, 0.25) is 0 Å². The van der Waals surface area contributed by atoms with Crippen LogP contribution in [0.25, 0.3) is 10.8 Å². The van der Waals surface area contributed by atoms with E-state index in [2.05, 4.69) is 40.9 Å². The van der Waals surface area contributed by atoms with Crippen LogP contribution in [0, 0.1) is 0 Å². The number of halogens is 1. The van der Waals surface area contributed by atoms with E-state index in [1.165, 1.54) is 10.8 Å². The maximum atomic E-state index is 5.86. The monoisotopic (exact) mass is 294 g/mol. The Morgan fingerprint density at radius 3 is 2.38 bits per heavy atom. The molecule has 0 radical (unpaired) electrons. The number of hydrazone groups is 1. The van der Waals surface area contributed by atoms with E-state index < -0.39 is 0 Å². The highest BCUT2D eigenvalue weighted by Gasteiger charge is 2.00. The highest BCUT2D eigenvalue weighted by Crippen LogP contribution is 2.17. The number of hydrogen-bond acceptors (Lipinski definition) is 2.